The summed E-state index contributed by atoms with van der Waals surface area (Å²) in [6, 6.07) is 14.4. The van der Waals surface area contributed by atoms with Gasteiger partial charge in [0.1, 0.15) is 6.17 Å². The Morgan fingerprint density at radius 3 is 2.65 bits per heavy atom. The number of allylic oxidation sites excluding steroid dienone is 2. The van der Waals surface area contributed by atoms with E-state index >= 15 is 0 Å². The highest BCUT2D eigenvalue weighted by molar-refractivity contribution is 5.85. The average Bonchev–Trinajstić information content (AvgIpc) is 3.14. The van der Waals surface area contributed by atoms with Gasteiger partial charge in [-0.15, -0.1) is 0 Å². The molecule has 1 aliphatic rings. The number of carbonyl (C=O) groups is 1. The summed E-state index contributed by atoms with van der Waals surface area (Å²) in [6.07, 6.45) is 6.70. The van der Waals surface area contributed by atoms with Gasteiger partial charge in [0.05, 0.1) is 17.9 Å². The Morgan fingerprint density at radius 1 is 1.19 bits per heavy atom. The second-order valence-electron chi connectivity index (χ2n) is 8.10. The Hall–Kier alpha value is -3.01. The lowest BCUT2D eigenvalue weighted by Crippen LogP contribution is -2.43. The number of rotatable bonds is 10. The van der Waals surface area contributed by atoms with E-state index in [-0.39, 0.29) is 6.17 Å². The fourth-order valence-corrected chi connectivity index (χ4v) is 4.37. The monoisotopic (exact) mass is 417 g/mol. The van der Waals surface area contributed by atoms with Gasteiger partial charge in [-0.3, -0.25) is 4.79 Å². The molecule has 31 heavy (non-hydrogen) atoms. The van der Waals surface area contributed by atoms with Crippen LogP contribution in [0.2, 0.25) is 0 Å². The molecule has 4 nitrogen and oxygen atoms in total. The van der Waals surface area contributed by atoms with Crippen LogP contribution in [0, 0.1) is 0 Å². The summed E-state index contributed by atoms with van der Waals surface area (Å²) in [6.45, 7) is 12.6. The predicted octanol–water partition coefficient (Wildman–Crippen LogP) is 6.27. The number of aldehydes is 1. The van der Waals surface area contributed by atoms with Crippen LogP contribution < -0.4 is 10.2 Å². The molecule has 2 aromatic carbocycles. The van der Waals surface area contributed by atoms with Crippen LogP contribution in [0.4, 0.5) is 11.4 Å². The third-order valence-corrected chi connectivity index (χ3v) is 5.99. The third-order valence-electron chi connectivity index (χ3n) is 5.99. The first-order valence-electron chi connectivity index (χ1n) is 11.3. The van der Waals surface area contributed by atoms with Crippen molar-refractivity contribution >= 4 is 28.9 Å². The summed E-state index contributed by atoms with van der Waals surface area (Å²) >= 11 is 0. The van der Waals surface area contributed by atoms with Crippen molar-refractivity contribution in [3.63, 3.8) is 0 Å². The SMILES string of the molecule is C=C(c1ccccc1C=O)N(C)CC1Nc2ccc(/C(=C/CC)CCC)cc2N1CC. The molecule has 1 unspecified atom stereocenters. The van der Waals surface area contributed by atoms with Crippen LogP contribution in [0.1, 0.15) is 61.5 Å². The molecule has 0 saturated carbocycles. The van der Waals surface area contributed by atoms with Crippen molar-refractivity contribution in [1.29, 1.82) is 0 Å². The molecular weight excluding hydrogens is 382 g/mol. The Kier molecular flexibility index (Phi) is 7.56. The van der Waals surface area contributed by atoms with Crippen molar-refractivity contribution in [2.75, 3.05) is 30.4 Å². The summed E-state index contributed by atoms with van der Waals surface area (Å²) in [5.41, 5.74) is 7.60. The number of nitrogens with zero attached hydrogens (tertiary/aromatic N) is 2. The molecule has 3 rings (SSSR count). The summed E-state index contributed by atoms with van der Waals surface area (Å²) < 4.78 is 0. The number of benzene rings is 2. The number of nitrogens with one attached hydrogen (secondary N) is 1. The number of hydrogen-bond acceptors (Lipinski definition) is 4. The highest BCUT2D eigenvalue weighted by Crippen LogP contribution is 2.38. The first kappa shape index (κ1) is 22.7. The van der Waals surface area contributed by atoms with Crippen LogP contribution in [0.25, 0.3) is 11.3 Å². The number of anilines is 2. The van der Waals surface area contributed by atoms with E-state index in [4.69, 9.17) is 0 Å². The highest BCUT2D eigenvalue weighted by atomic mass is 16.1. The zero-order chi connectivity index (χ0) is 22.4. The number of likely N-dealkylation sites (N-methyl/N-ethyl adjacent to an activating group) is 2. The van der Waals surface area contributed by atoms with Crippen LogP contribution in [0.3, 0.4) is 0 Å². The molecular formula is C27H35N3O. The normalized spacial score (nSPS) is 15.4. The minimum atomic E-state index is 0.144. The van der Waals surface area contributed by atoms with Crippen LogP contribution in [-0.4, -0.2) is 37.5 Å². The smallest absolute Gasteiger partial charge is 0.150 e. The Balaban J connectivity index is 1.80. The van der Waals surface area contributed by atoms with E-state index in [0.717, 1.165) is 49.9 Å². The molecule has 1 aliphatic heterocycles. The maximum Gasteiger partial charge on any atom is 0.150 e. The quantitative estimate of drug-likeness (QED) is 0.462. The van der Waals surface area contributed by atoms with Gasteiger partial charge >= 0.3 is 0 Å². The van der Waals surface area contributed by atoms with Crippen LogP contribution >= 0.6 is 0 Å². The minimum absolute atomic E-state index is 0.144. The maximum atomic E-state index is 11.4. The van der Waals surface area contributed by atoms with Gasteiger partial charge in [0.25, 0.3) is 0 Å². The molecule has 1 N–H and O–H groups in total. The summed E-state index contributed by atoms with van der Waals surface area (Å²) in [5.74, 6) is 0. The molecule has 0 fully saturated rings. The van der Waals surface area contributed by atoms with Gasteiger partial charge in [-0.05, 0) is 43.0 Å². The van der Waals surface area contributed by atoms with E-state index in [2.05, 4.69) is 66.7 Å². The largest absolute Gasteiger partial charge is 0.371 e. The molecule has 0 bridgehead atoms. The highest BCUT2D eigenvalue weighted by Gasteiger charge is 2.29. The van der Waals surface area contributed by atoms with E-state index in [0.29, 0.717) is 5.56 Å². The van der Waals surface area contributed by atoms with Crippen molar-refractivity contribution < 1.29 is 4.79 Å². The van der Waals surface area contributed by atoms with E-state index in [1.165, 1.54) is 22.5 Å². The summed E-state index contributed by atoms with van der Waals surface area (Å²) in [7, 11) is 2.04. The lowest BCUT2D eigenvalue weighted by molar-refractivity contribution is 0.112. The van der Waals surface area contributed by atoms with Gasteiger partial charge in [-0.2, -0.15) is 0 Å². The Morgan fingerprint density at radius 2 is 1.97 bits per heavy atom. The predicted molar refractivity (Wildman–Crippen MR) is 134 cm³/mol. The molecule has 0 spiro atoms. The second kappa shape index (κ2) is 10.3. The lowest BCUT2D eigenvalue weighted by atomic mass is 9.99. The van der Waals surface area contributed by atoms with Gasteiger partial charge < -0.3 is 15.1 Å². The molecule has 0 aromatic heterocycles. The van der Waals surface area contributed by atoms with Gasteiger partial charge in [0, 0.05) is 30.4 Å². The molecule has 2 aromatic rings. The zero-order valence-electron chi connectivity index (χ0n) is 19.3. The molecule has 1 atom stereocenters. The van der Waals surface area contributed by atoms with E-state index in [1.54, 1.807) is 0 Å². The van der Waals surface area contributed by atoms with Gasteiger partial charge in [-0.1, -0.05) is 63.3 Å². The first-order valence-corrected chi connectivity index (χ1v) is 11.3. The second-order valence-corrected chi connectivity index (χ2v) is 8.10. The van der Waals surface area contributed by atoms with Crippen molar-refractivity contribution in [3.8, 4) is 0 Å². The topological polar surface area (TPSA) is 35.6 Å². The Labute approximate surface area is 187 Å². The van der Waals surface area contributed by atoms with Crippen LogP contribution in [0.15, 0.2) is 55.1 Å². The fraction of sp³-hybridized carbons (Fsp3) is 0.370. The van der Waals surface area contributed by atoms with Gasteiger partial charge in [-0.25, -0.2) is 0 Å². The van der Waals surface area contributed by atoms with Crippen LogP contribution in [-0.2, 0) is 0 Å². The summed E-state index contributed by atoms with van der Waals surface area (Å²) in [5, 5.41) is 3.69. The van der Waals surface area contributed by atoms with Gasteiger partial charge in [0.2, 0.25) is 0 Å². The van der Waals surface area contributed by atoms with E-state index in [1.807, 2.05) is 31.3 Å². The average molecular weight is 418 g/mol. The molecule has 0 aliphatic carbocycles. The molecule has 1 heterocycles. The van der Waals surface area contributed by atoms with Crippen molar-refractivity contribution in [2.45, 2.75) is 46.2 Å². The zero-order valence-corrected chi connectivity index (χ0v) is 19.3. The minimum Gasteiger partial charge on any atom is -0.371 e. The number of carbonyl (C=O) groups excluding carboxylic acids is 1. The van der Waals surface area contributed by atoms with E-state index in [9.17, 15) is 4.79 Å². The molecule has 164 valence electrons. The van der Waals surface area contributed by atoms with Crippen molar-refractivity contribution in [2.24, 2.45) is 0 Å². The molecule has 4 heteroatoms. The first-order chi connectivity index (χ1) is 15.0. The lowest BCUT2D eigenvalue weighted by Gasteiger charge is -2.31. The van der Waals surface area contributed by atoms with Crippen LogP contribution in [0.5, 0.6) is 0 Å². The number of hydrogen-bond donors (Lipinski definition) is 1. The standard InChI is InChI=1S/C27H35N3O/c1-6-11-21(12-7-2)22-15-16-25-26(17-22)30(8-3)27(28-25)18-29(5)20(4)24-14-10-9-13-23(24)19-31/h9-11,13-17,19,27-28H,4,6-8,12,18H2,1-3,5H3/b21-11+. The molecule has 0 radical (unpaired) electrons. The molecule has 0 amide bonds. The summed E-state index contributed by atoms with van der Waals surface area (Å²) in [4.78, 5) is 16.0. The maximum absolute atomic E-state index is 11.4. The third kappa shape index (κ3) is 4.84. The van der Waals surface area contributed by atoms with Crippen molar-refractivity contribution in [3.05, 3.63) is 71.8 Å². The fourth-order valence-electron chi connectivity index (χ4n) is 4.37. The Bertz CT molecular complexity index is 963. The molecule has 0 saturated heterocycles. The van der Waals surface area contributed by atoms with Crippen molar-refractivity contribution in [1.82, 2.24) is 4.90 Å². The van der Waals surface area contributed by atoms with Gasteiger partial charge in [0.15, 0.2) is 6.29 Å². The van der Waals surface area contributed by atoms with E-state index < -0.39 is 0 Å². The number of fused-ring (bicyclic) bond motifs is 1.